The largest absolute Gasteiger partial charge is 0.396 e. The molecule has 0 aromatic carbocycles. The number of nitrogens with two attached hydrogens (primary N) is 1. The van der Waals surface area contributed by atoms with Crippen LogP contribution in [-0.2, 0) is 0 Å². The summed E-state index contributed by atoms with van der Waals surface area (Å²) in [6.45, 7) is 5.24. The molecule has 1 unspecified atom stereocenters. The molecule has 2 nitrogen and oxygen atoms in total. The van der Waals surface area contributed by atoms with Gasteiger partial charge < -0.3 is 10.8 Å². The average Bonchev–Trinajstić information content (AvgIpc) is 2.27. The molecule has 0 bridgehead atoms. The Morgan fingerprint density at radius 3 is 2.27 bits per heavy atom. The van der Waals surface area contributed by atoms with Gasteiger partial charge in [-0.05, 0) is 18.3 Å². The second-order valence-corrected chi connectivity index (χ2v) is 5.59. The van der Waals surface area contributed by atoms with Crippen molar-refractivity contribution >= 4 is 0 Å². The molecule has 0 heterocycles. The first kappa shape index (κ1) is 13.0. The van der Waals surface area contributed by atoms with Crippen LogP contribution in [-0.4, -0.2) is 18.3 Å². The Balaban J connectivity index is 2.56. The Morgan fingerprint density at radius 2 is 1.87 bits per heavy atom. The molecule has 1 saturated carbocycles. The molecular weight excluding hydrogens is 186 g/mol. The van der Waals surface area contributed by atoms with Crippen molar-refractivity contribution < 1.29 is 5.11 Å². The third kappa shape index (κ3) is 3.18. The summed E-state index contributed by atoms with van der Waals surface area (Å²) in [5.74, 6) is 1.28. The Hall–Kier alpha value is -0.0800. The predicted molar refractivity (Wildman–Crippen MR) is 64.6 cm³/mol. The highest BCUT2D eigenvalue weighted by atomic mass is 16.3. The van der Waals surface area contributed by atoms with Crippen molar-refractivity contribution in [2.75, 3.05) is 13.2 Å². The maximum Gasteiger partial charge on any atom is 0.0502 e. The Morgan fingerprint density at radius 1 is 1.27 bits per heavy atom. The van der Waals surface area contributed by atoms with Crippen LogP contribution < -0.4 is 5.73 Å². The van der Waals surface area contributed by atoms with Crippen LogP contribution in [0, 0.1) is 17.3 Å². The normalized spacial score (nSPS) is 23.0. The van der Waals surface area contributed by atoms with E-state index in [4.69, 9.17) is 5.73 Å². The molecule has 1 aliphatic rings. The van der Waals surface area contributed by atoms with Gasteiger partial charge in [-0.2, -0.15) is 0 Å². The highest BCUT2D eigenvalue weighted by Gasteiger charge is 2.34. The summed E-state index contributed by atoms with van der Waals surface area (Å²) < 4.78 is 0. The molecule has 90 valence electrons. The smallest absolute Gasteiger partial charge is 0.0502 e. The van der Waals surface area contributed by atoms with E-state index in [-0.39, 0.29) is 12.0 Å². The number of aliphatic hydroxyl groups excluding tert-OH is 1. The van der Waals surface area contributed by atoms with E-state index in [9.17, 15) is 5.11 Å². The van der Waals surface area contributed by atoms with Crippen LogP contribution >= 0.6 is 0 Å². The Bertz CT molecular complexity index is 169. The predicted octanol–water partition coefficient (Wildman–Crippen LogP) is 2.55. The van der Waals surface area contributed by atoms with Gasteiger partial charge in [0.05, 0.1) is 6.61 Å². The zero-order chi connectivity index (χ0) is 11.3. The van der Waals surface area contributed by atoms with Crippen LogP contribution in [0.5, 0.6) is 0 Å². The molecule has 1 fully saturated rings. The molecule has 0 aromatic heterocycles. The molecule has 0 radical (unpaired) electrons. The van der Waals surface area contributed by atoms with Gasteiger partial charge in [0.1, 0.15) is 0 Å². The molecule has 15 heavy (non-hydrogen) atoms. The van der Waals surface area contributed by atoms with Crippen molar-refractivity contribution in [1.82, 2.24) is 0 Å². The maximum atomic E-state index is 9.60. The SMILES string of the molecule is CC(C)C(CN)(CO)CC1CCCCC1. The van der Waals surface area contributed by atoms with Crippen LogP contribution in [0.2, 0.25) is 0 Å². The standard InChI is InChI=1S/C13H27NO/c1-11(2)13(9-14,10-15)8-12-6-4-3-5-7-12/h11-12,15H,3-10,14H2,1-2H3. The van der Waals surface area contributed by atoms with Gasteiger partial charge in [0.2, 0.25) is 0 Å². The maximum absolute atomic E-state index is 9.60. The number of hydrogen-bond acceptors (Lipinski definition) is 2. The monoisotopic (exact) mass is 213 g/mol. The van der Waals surface area contributed by atoms with Crippen LogP contribution in [0.4, 0.5) is 0 Å². The van der Waals surface area contributed by atoms with Crippen molar-refractivity contribution in [3.63, 3.8) is 0 Å². The minimum atomic E-state index is -0.0258. The van der Waals surface area contributed by atoms with E-state index in [0.717, 1.165) is 12.3 Å². The van der Waals surface area contributed by atoms with Crippen molar-refractivity contribution in [3.05, 3.63) is 0 Å². The zero-order valence-corrected chi connectivity index (χ0v) is 10.3. The first-order valence-electron chi connectivity index (χ1n) is 6.45. The average molecular weight is 213 g/mol. The molecule has 0 aromatic rings. The minimum Gasteiger partial charge on any atom is -0.396 e. The zero-order valence-electron chi connectivity index (χ0n) is 10.3. The molecule has 1 atom stereocenters. The molecular formula is C13H27NO. The highest BCUT2D eigenvalue weighted by Crippen LogP contribution is 2.38. The number of aliphatic hydroxyl groups is 1. The fourth-order valence-electron chi connectivity index (χ4n) is 2.83. The van der Waals surface area contributed by atoms with Gasteiger partial charge >= 0.3 is 0 Å². The van der Waals surface area contributed by atoms with Crippen molar-refractivity contribution in [2.45, 2.75) is 52.4 Å². The van der Waals surface area contributed by atoms with Crippen molar-refractivity contribution in [1.29, 1.82) is 0 Å². The molecule has 0 spiro atoms. The molecule has 0 saturated heterocycles. The van der Waals surface area contributed by atoms with Crippen molar-refractivity contribution in [3.8, 4) is 0 Å². The summed E-state index contributed by atoms with van der Waals surface area (Å²) in [7, 11) is 0. The third-order valence-electron chi connectivity index (χ3n) is 4.37. The van der Waals surface area contributed by atoms with E-state index in [2.05, 4.69) is 13.8 Å². The van der Waals surface area contributed by atoms with Gasteiger partial charge in [-0.15, -0.1) is 0 Å². The Labute approximate surface area is 94.2 Å². The molecule has 3 N–H and O–H groups in total. The van der Waals surface area contributed by atoms with Gasteiger partial charge in [-0.3, -0.25) is 0 Å². The van der Waals surface area contributed by atoms with E-state index in [1.807, 2.05) is 0 Å². The lowest BCUT2D eigenvalue weighted by molar-refractivity contribution is 0.0505. The lowest BCUT2D eigenvalue weighted by Gasteiger charge is -2.39. The van der Waals surface area contributed by atoms with E-state index in [0.29, 0.717) is 12.5 Å². The van der Waals surface area contributed by atoms with E-state index in [1.54, 1.807) is 0 Å². The topological polar surface area (TPSA) is 46.2 Å². The first-order valence-corrected chi connectivity index (χ1v) is 6.45. The lowest BCUT2D eigenvalue weighted by Crippen LogP contribution is -2.41. The fraction of sp³-hybridized carbons (Fsp3) is 1.00. The van der Waals surface area contributed by atoms with E-state index >= 15 is 0 Å². The third-order valence-corrected chi connectivity index (χ3v) is 4.37. The van der Waals surface area contributed by atoms with Crippen LogP contribution in [0.3, 0.4) is 0 Å². The number of rotatable bonds is 5. The highest BCUT2D eigenvalue weighted by molar-refractivity contribution is 4.86. The Kier molecular flexibility index (Phi) is 5.07. The van der Waals surface area contributed by atoms with Gasteiger partial charge in [0, 0.05) is 12.0 Å². The van der Waals surface area contributed by atoms with E-state index < -0.39 is 0 Å². The molecule has 0 aliphatic heterocycles. The summed E-state index contributed by atoms with van der Waals surface area (Å²) in [5.41, 5.74) is 5.85. The fourth-order valence-corrected chi connectivity index (χ4v) is 2.83. The van der Waals surface area contributed by atoms with Crippen LogP contribution in [0.25, 0.3) is 0 Å². The molecule has 2 heteroatoms. The molecule has 0 amide bonds. The lowest BCUT2D eigenvalue weighted by atomic mass is 9.69. The molecule has 1 aliphatic carbocycles. The second-order valence-electron chi connectivity index (χ2n) is 5.59. The summed E-state index contributed by atoms with van der Waals surface area (Å²) >= 11 is 0. The van der Waals surface area contributed by atoms with Gasteiger partial charge in [-0.25, -0.2) is 0 Å². The summed E-state index contributed by atoms with van der Waals surface area (Å²) in [6.07, 6.45) is 7.94. The number of hydrogen-bond donors (Lipinski definition) is 2. The second kappa shape index (κ2) is 5.86. The van der Waals surface area contributed by atoms with Gasteiger partial charge in [0.25, 0.3) is 0 Å². The molecule has 1 rings (SSSR count). The van der Waals surface area contributed by atoms with Crippen molar-refractivity contribution in [2.24, 2.45) is 23.0 Å². The minimum absolute atomic E-state index is 0.0258. The summed E-state index contributed by atoms with van der Waals surface area (Å²) in [4.78, 5) is 0. The van der Waals surface area contributed by atoms with Crippen LogP contribution in [0.1, 0.15) is 52.4 Å². The van der Waals surface area contributed by atoms with E-state index in [1.165, 1.54) is 32.1 Å². The quantitative estimate of drug-likeness (QED) is 0.737. The van der Waals surface area contributed by atoms with Gasteiger partial charge in [0.15, 0.2) is 0 Å². The first-order chi connectivity index (χ1) is 7.14. The summed E-state index contributed by atoms with van der Waals surface area (Å²) in [6, 6.07) is 0. The summed E-state index contributed by atoms with van der Waals surface area (Å²) in [5, 5.41) is 9.60. The van der Waals surface area contributed by atoms with Gasteiger partial charge in [-0.1, -0.05) is 46.0 Å². The van der Waals surface area contributed by atoms with Crippen LogP contribution in [0.15, 0.2) is 0 Å².